The third kappa shape index (κ3) is 2.92. The number of allylic oxidation sites excluding steroid dienone is 1. The van der Waals surface area contributed by atoms with Gasteiger partial charge in [0.15, 0.2) is 0 Å². The fourth-order valence-corrected chi connectivity index (χ4v) is 1.41. The maximum absolute atomic E-state index is 11.5. The Morgan fingerprint density at radius 3 is 2.88 bits per heavy atom. The van der Waals surface area contributed by atoms with E-state index >= 15 is 0 Å². The molecule has 0 bridgehead atoms. The lowest BCUT2D eigenvalue weighted by atomic mass is 10.2. The van der Waals surface area contributed by atoms with Gasteiger partial charge in [-0.3, -0.25) is 9.78 Å². The zero-order valence-corrected chi connectivity index (χ0v) is 9.66. The molecule has 1 aromatic heterocycles. The van der Waals surface area contributed by atoms with Crippen LogP contribution in [0.3, 0.4) is 0 Å². The maximum atomic E-state index is 11.5. The summed E-state index contributed by atoms with van der Waals surface area (Å²) in [5.74, 6) is 0.556. The van der Waals surface area contributed by atoms with Crippen molar-refractivity contribution in [2.75, 3.05) is 5.32 Å². The molecule has 0 radical (unpaired) electrons. The Hall–Kier alpha value is -1.64. The topological polar surface area (TPSA) is 42.0 Å². The van der Waals surface area contributed by atoms with E-state index in [0.29, 0.717) is 5.92 Å². The van der Waals surface area contributed by atoms with E-state index in [-0.39, 0.29) is 5.91 Å². The van der Waals surface area contributed by atoms with Crippen molar-refractivity contribution < 1.29 is 4.79 Å². The van der Waals surface area contributed by atoms with E-state index in [1.165, 1.54) is 12.8 Å². The molecule has 1 N–H and O–H groups in total. The number of nitrogens with zero attached hydrogens (tertiary/aromatic N) is 1. The average Bonchev–Trinajstić information content (AvgIpc) is 3.04. The third-order valence-electron chi connectivity index (χ3n) is 2.75. The van der Waals surface area contributed by atoms with Crippen molar-refractivity contribution >= 4 is 11.6 Å². The molecule has 0 saturated heterocycles. The number of nitrogens with one attached hydrogen (secondary N) is 1. The zero-order chi connectivity index (χ0) is 11.5. The number of carbonyl (C=O) groups excluding carboxylic acids is 1. The molecule has 0 aromatic carbocycles. The number of carbonyl (C=O) groups is 1. The highest BCUT2D eigenvalue weighted by Gasteiger charge is 2.17. The highest BCUT2D eigenvalue weighted by Crippen LogP contribution is 2.29. The van der Waals surface area contributed by atoms with Gasteiger partial charge in [0.2, 0.25) is 5.91 Å². The lowest BCUT2D eigenvalue weighted by Gasteiger charge is -2.04. The molecule has 1 aliphatic carbocycles. The van der Waals surface area contributed by atoms with Crippen molar-refractivity contribution in [3.05, 3.63) is 35.7 Å². The lowest BCUT2D eigenvalue weighted by molar-refractivity contribution is -0.111. The Balaban J connectivity index is 1.97. The molecule has 16 heavy (non-hydrogen) atoms. The Morgan fingerprint density at radius 1 is 1.50 bits per heavy atom. The number of aromatic nitrogens is 1. The zero-order valence-electron chi connectivity index (χ0n) is 9.66. The van der Waals surface area contributed by atoms with Gasteiger partial charge in [0.25, 0.3) is 0 Å². The van der Waals surface area contributed by atoms with Crippen LogP contribution in [-0.2, 0) is 4.79 Å². The van der Waals surface area contributed by atoms with Gasteiger partial charge in [-0.15, -0.1) is 0 Å². The predicted octanol–water partition coefficient (Wildman–Crippen LogP) is 2.60. The van der Waals surface area contributed by atoms with E-state index in [9.17, 15) is 4.79 Å². The molecule has 0 atom stereocenters. The minimum absolute atomic E-state index is 0.0723. The summed E-state index contributed by atoms with van der Waals surface area (Å²) in [6, 6.07) is 1.94. The van der Waals surface area contributed by atoms with Gasteiger partial charge in [0.1, 0.15) is 0 Å². The summed E-state index contributed by atoms with van der Waals surface area (Å²) < 4.78 is 0. The molecule has 0 aliphatic heterocycles. The molecule has 1 heterocycles. The van der Waals surface area contributed by atoms with Gasteiger partial charge in [-0.2, -0.15) is 0 Å². The SMILES string of the molecule is Cc1cc(NC(=O)/C=C/C2CC2)cnc1C. The predicted molar refractivity (Wildman–Crippen MR) is 64.2 cm³/mol. The largest absolute Gasteiger partial charge is 0.321 e. The fraction of sp³-hybridized carbons (Fsp3) is 0.385. The van der Waals surface area contributed by atoms with Gasteiger partial charge in [0, 0.05) is 5.69 Å². The highest BCUT2D eigenvalue weighted by molar-refractivity contribution is 5.99. The van der Waals surface area contributed by atoms with Crippen LogP contribution in [-0.4, -0.2) is 10.9 Å². The number of rotatable bonds is 3. The summed E-state index contributed by atoms with van der Waals surface area (Å²) in [5.41, 5.74) is 2.84. The summed E-state index contributed by atoms with van der Waals surface area (Å²) in [6.07, 6.45) is 7.71. The van der Waals surface area contributed by atoms with Crippen LogP contribution in [0.2, 0.25) is 0 Å². The number of aryl methyl sites for hydroxylation is 2. The molecular formula is C13H16N2O. The van der Waals surface area contributed by atoms with Gasteiger partial charge in [0.05, 0.1) is 11.9 Å². The second kappa shape index (κ2) is 4.47. The molecular weight excluding hydrogens is 200 g/mol. The molecule has 1 aliphatic rings. The number of pyridine rings is 1. The second-order valence-corrected chi connectivity index (χ2v) is 4.31. The molecule has 3 heteroatoms. The minimum atomic E-state index is -0.0723. The molecule has 84 valence electrons. The van der Waals surface area contributed by atoms with Crippen LogP contribution >= 0.6 is 0 Å². The van der Waals surface area contributed by atoms with Crippen molar-refractivity contribution in [1.82, 2.24) is 4.98 Å². The van der Waals surface area contributed by atoms with E-state index in [1.807, 2.05) is 26.0 Å². The fourth-order valence-electron chi connectivity index (χ4n) is 1.41. The maximum Gasteiger partial charge on any atom is 0.248 e. The Kier molecular flexibility index (Phi) is 3.04. The average molecular weight is 216 g/mol. The molecule has 1 saturated carbocycles. The van der Waals surface area contributed by atoms with E-state index in [1.54, 1.807) is 12.3 Å². The highest BCUT2D eigenvalue weighted by atomic mass is 16.1. The molecule has 1 fully saturated rings. The van der Waals surface area contributed by atoms with Crippen molar-refractivity contribution in [3.63, 3.8) is 0 Å². The number of hydrogen-bond donors (Lipinski definition) is 1. The van der Waals surface area contributed by atoms with Gasteiger partial charge >= 0.3 is 0 Å². The van der Waals surface area contributed by atoms with Crippen LogP contribution in [0.4, 0.5) is 5.69 Å². The first-order chi connectivity index (χ1) is 7.65. The quantitative estimate of drug-likeness (QED) is 0.789. The molecule has 1 amide bonds. The molecule has 1 aromatic rings. The molecule has 2 rings (SSSR count). The summed E-state index contributed by atoms with van der Waals surface area (Å²) in [5, 5.41) is 2.80. The number of anilines is 1. The van der Waals surface area contributed by atoms with E-state index in [4.69, 9.17) is 0 Å². The normalized spacial score (nSPS) is 15.4. The van der Waals surface area contributed by atoms with Crippen LogP contribution in [0.15, 0.2) is 24.4 Å². The van der Waals surface area contributed by atoms with Crippen LogP contribution < -0.4 is 5.32 Å². The number of hydrogen-bond acceptors (Lipinski definition) is 2. The van der Waals surface area contributed by atoms with Gasteiger partial charge in [-0.05, 0) is 50.3 Å². The molecule has 0 unspecified atom stereocenters. The summed E-state index contributed by atoms with van der Waals surface area (Å²) >= 11 is 0. The van der Waals surface area contributed by atoms with Gasteiger partial charge in [-0.25, -0.2) is 0 Å². The van der Waals surface area contributed by atoms with Crippen molar-refractivity contribution in [2.45, 2.75) is 26.7 Å². The van der Waals surface area contributed by atoms with Crippen LogP contribution in [0.5, 0.6) is 0 Å². The van der Waals surface area contributed by atoms with E-state index < -0.39 is 0 Å². The van der Waals surface area contributed by atoms with Crippen molar-refractivity contribution in [3.8, 4) is 0 Å². The smallest absolute Gasteiger partial charge is 0.248 e. The Morgan fingerprint density at radius 2 is 2.25 bits per heavy atom. The third-order valence-corrected chi connectivity index (χ3v) is 2.75. The number of amides is 1. The standard InChI is InChI=1S/C13H16N2O/c1-9-7-12(8-14-10(9)2)15-13(16)6-5-11-3-4-11/h5-8,11H,3-4H2,1-2H3,(H,15,16)/b6-5+. The first-order valence-electron chi connectivity index (χ1n) is 5.57. The first-order valence-corrected chi connectivity index (χ1v) is 5.57. The van der Waals surface area contributed by atoms with E-state index in [2.05, 4.69) is 10.3 Å². The van der Waals surface area contributed by atoms with Crippen molar-refractivity contribution in [1.29, 1.82) is 0 Å². The minimum Gasteiger partial charge on any atom is -0.321 e. The van der Waals surface area contributed by atoms with Crippen LogP contribution in [0, 0.1) is 19.8 Å². The Labute approximate surface area is 95.6 Å². The monoisotopic (exact) mass is 216 g/mol. The molecule has 3 nitrogen and oxygen atoms in total. The summed E-state index contributed by atoms with van der Waals surface area (Å²) in [4.78, 5) is 15.7. The lowest BCUT2D eigenvalue weighted by Crippen LogP contribution is -2.08. The van der Waals surface area contributed by atoms with Crippen molar-refractivity contribution in [2.24, 2.45) is 5.92 Å². The van der Waals surface area contributed by atoms with Crippen LogP contribution in [0.1, 0.15) is 24.1 Å². The van der Waals surface area contributed by atoms with E-state index in [0.717, 1.165) is 16.9 Å². The molecule has 0 spiro atoms. The van der Waals surface area contributed by atoms with Gasteiger partial charge in [-0.1, -0.05) is 6.08 Å². The summed E-state index contributed by atoms with van der Waals surface area (Å²) in [7, 11) is 0. The first kappa shape index (κ1) is 10.9. The summed E-state index contributed by atoms with van der Waals surface area (Å²) in [6.45, 7) is 3.94. The Bertz CT molecular complexity index is 434. The van der Waals surface area contributed by atoms with Crippen LogP contribution in [0.25, 0.3) is 0 Å². The second-order valence-electron chi connectivity index (χ2n) is 4.31. The van der Waals surface area contributed by atoms with Gasteiger partial charge < -0.3 is 5.32 Å².